The van der Waals surface area contributed by atoms with Gasteiger partial charge in [-0.05, 0) is 26.3 Å². The lowest BCUT2D eigenvalue weighted by Gasteiger charge is -2.26. The molecule has 0 aromatic heterocycles. The number of carbonyl (C=O) groups excluding carboxylic acids is 2. The summed E-state index contributed by atoms with van der Waals surface area (Å²) in [6.45, 7) is 5.63. The van der Waals surface area contributed by atoms with Crippen LogP contribution in [0.4, 0.5) is 9.59 Å². The first kappa shape index (κ1) is 18.6. The minimum Gasteiger partial charge on any atom is -0.443 e. The molecule has 0 N–H and O–H groups in total. The number of urea groups is 1. The number of amides is 3. The summed E-state index contributed by atoms with van der Waals surface area (Å²) in [7, 11) is 1.52. The van der Waals surface area contributed by atoms with E-state index in [1.807, 2.05) is 30.3 Å². The summed E-state index contributed by atoms with van der Waals surface area (Å²) in [6.07, 6.45) is -1.24. The van der Waals surface area contributed by atoms with E-state index in [1.54, 1.807) is 20.8 Å². The van der Waals surface area contributed by atoms with Gasteiger partial charge in [0, 0.05) is 12.9 Å². The second kappa shape index (κ2) is 7.44. The zero-order chi connectivity index (χ0) is 17.9. The van der Waals surface area contributed by atoms with Gasteiger partial charge in [-0.2, -0.15) is 12.6 Å². The number of hydrogen-bond donors (Lipinski definition) is 1. The van der Waals surface area contributed by atoms with Crippen LogP contribution < -0.4 is 0 Å². The van der Waals surface area contributed by atoms with E-state index < -0.39 is 30.0 Å². The fourth-order valence-corrected chi connectivity index (χ4v) is 2.99. The highest BCUT2D eigenvalue weighted by Crippen LogP contribution is 2.28. The quantitative estimate of drug-likeness (QED) is 0.846. The van der Waals surface area contributed by atoms with Crippen LogP contribution in [0.15, 0.2) is 30.3 Å². The largest absolute Gasteiger partial charge is 0.443 e. The standard InChI is InChI=1S/C17H24N2O4S/c1-17(2,3)23-16(21)19-13(11-24)14(22-4)18(15(19)20)10-12-8-6-5-7-9-12/h5-9,13-14,24H,10-11H2,1-4H3/t13-,14-/m0/s1. The zero-order valence-electron chi connectivity index (χ0n) is 14.4. The maximum Gasteiger partial charge on any atom is 0.418 e. The maximum atomic E-state index is 12.8. The van der Waals surface area contributed by atoms with Gasteiger partial charge < -0.3 is 9.47 Å². The number of hydrogen-bond acceptors (Lipinski definition) is 5. The smallest absolute Gasteiger partial charge is 0.418 e. The first-order valence-corrected chi connectivity index (χ1v) is 8.42. The topological polar surface area (TPSA) is 59.1 Å². The minimum absolute atomic E-state index is 0.286. The Labute approximate surface area is 148 Å². The lowest BCUT2D eigenvalue weighted by Crippen LogP contribution is -2.45. The highest BCUT2D eigenvalue weighted by Gasteiger charge is 2.49. The molecule has 0 saturated carbocycles. The van der Waals surface area contributed by atoms with Crippen LogP contribution in [-0.4, -0.2) is 52.7 Å². The van der Waals surface area contributed by atoms with E-state index in [0.717, 1.165) is 10.5 Å². The molecule has 24 heavy (non-hydrogen) atoms. The monoisotopic (exact) mass is 352 g/mol. The molecule has 0 bridgehead atoms. The molecule has 1 aromatic carbocycles. The molecule has 0 radical (unpaired) electrons. The highest BCUT2D eigenvalue weighted by molar-refractivity contribution is 7.80. The van der Waals surface area contributed by atoms with Crippen molar-refractivity contribution >= 4 is 24.8 Å². The molecule has 1 saturated heterocycles. The van der Waals surface area contributed by atoms with E-state index in [4.69, 9.17) is 9.47 Å². The van der Waals surface area contributed by atoms with Crippen LogP contribution in [0, 0.1) is 0 Å². The van der Waals surface area contributed by atoms with Gasteiger partial charge in [0.1, 0.15) is 5.60 Å². The van der Waals surface area contributed by atoms with E-state index in [-0.39, 0.29) is 5.75 Å². The average Bonchev–Trinajstić information content (AvgIpc) is 2.78. The van der Waals surface area contributed by atoms with Crippen molar-refractivity contribution in [3.8, 4) is 0 Å². The van der Waals surface area contributed by atoms with Gasteiger partial charge in [0.05, 0.1) is 12.6 Å². The lowest BCUT2D eigenvalue weighted by atomic mass is 10.2. The van der Waals surface area contributed by atoms with Gasteiger partial charge >= 0.3 is 12.1 Å². The normalized spacial score (nSPS) is 21.3. The number of ether oxygens (including phenoxy) is 2. The fourth-order valence-electron chi connectivity index (χ4n) is 2.64. The summed E-state index contributed by atoms with van der Waals surface area (Å²) in [5, 5.41) is 0. The Morgan fingerprint density at radius 2 is 1.88 bits per heavy atom. The average molecular weight is 352 g/mol. The minimum atomic E-state index is -0.687. The lowest BCUT2D eigenvalue weighted by molar-refractivity contribution is -0.0120. The van der Waals surface area contributed by atoms with Crippen LogP contribution in [0.1, 0.15) is 26.3 Å². The maximum absolute atomic E-state index is 12.8. The van der Waals surface area contributed by atoms with Crippen LogP contribution in [0.5, 0.6) is 0 Å². The third kappa shape index (κ3) is 4.02. The van der Waals surface area contributed by atoms with Gasteiger partial charge in [-0.3, -0.25) is 4.90 Å². The second-order valence-corrected chi connectivity index (χ2v) is 6.99. The van der Waals surface area contributed by atoms with Crippen LogP contribution in [0.25, 0.3) is 0 Å². The Morgan fingerprint density at radius 3 is 2.38 bits per heavy atom. The summed E-state index contributed by atoms with van der Waals surface area (Å²) in [5.74, 6) is 0.286. The summed E-state index contributed by atoms with van der Waals surface area (Å²) in [6, 6.07) is 8.62. The molecule has 0 unspecified atom stereocenters. The van der Waals surface area contributed by atoms with Gasteiger partial charge in [0.15, 0.2) is 6.23 Å². The van der Waals surface area contributed by atoms with E-state index in [0.29, 0.717) is 6.54 Å². The molecule has 2 atom stereocenters. The Morgan fingerprint density at radius 1 is 1.25 bits per heavy atom. The first-order chi connectivity index (χ1) is 11.3. The third-order valence-electron chi connectivity index (χ3n) is 3.63. The molecule has 1 aliphatic rings. The van der Waals surface area contributed by atoms with E-state index >= 15 is 0 Å². The van der Waals surface area contributed by atoms with Crippen LogP contribution in [-0.2, 0) is 16.0 Å². The molecule has 1 fully saturated rings. The molecule has 1 heterocycles. The molecule has 0 spiro atoms. The predicted octanol–water partition coefficient (Wildman–Crippen LogP) is 3.13. The van der Waals surface area contributed by atoms with Crippen LogP contribution in [0.2, 0.25) is 0 Å². The summed E-state index contributed by atoms with van der Waals surface area (Å²) >= 11 is 4.29. The molecular weight excluding hydrogens is 328 g/mol. The Bertz CT molecular complexity index is 588. The number of methoxy groups -OCH3 is 1. The van der Waals surface area contributed by atoms with Crippen molar-refractivity contribution in [3.05, 3.63) is 35.9 Å². The van der Waals surface area contributed by atoms with Crippen molar-refractivity contribution in [3.63, 3.8) is 0 Å². The highest BCUT2D eigenvalue weighted by atomic mass is 32.1. The van der Waals surface area contributed by atoms with Crippen LogP contribution in [0.3, 0.4) is 0 Å². The van der Waals surface area contributed by atoms with Crippen molar-refractivity contribution in [2.24, 2.45) is 0 Å². The summed E-state index contributed by atoms with van der Waals surface area (Å²) < 4.78 is 10.9. The Hall–Kier alpha value is -1.73. The Balaban J connectivity index is 2.26. The number of imide groups is 1. The van der Waals surface area contributed by atoms with Crippen LogP contribution >= 0.6 is 12.6 Å². The molecule has 2 rings (SSSR count). The van der Waals surface area contributed by atoms with Crippen molar-refractivity contribution in [2.45, 2.75) is 45.2 Å². The van der Waals surface area contributed by atoms with E-state index in [9.17, 15) is 9.59 Å². The SMILES string of the molecule is CO[C@H]1[C@H](CS)N(C(=O)OC(C)(C)C)C(=O)N1Cc1ccccc1. The van der Waals surface area contributed by atoms with E-state index in [1.165, 1.54) is 12.0 Å². The van der Waals surface area contributed by atoms with Gasteiger partial charge in [0.2, 0.25) is 0 Å². The van der Waals surface area contributed by atoms with Crippen molar-refractivity contribution in [2.75, 3.05) is 12.9 Å². The van der Waals surface area contributed by atoms with Gasteiger partial charge in [-0.1, -0.05) is 30.3 Å². The third-order valence-corrected chi connectivity index (χ3v) is 4.01. The molecule has 3 amide bonds. The Kier molecular flexibility index (Phi) is 5.77. The zero-order valence-corrected chi connectivity index (χ0v) is 15.3. The molecular formula is C17H24N2O4S. The number of nitrogens with zero attached hydrogens (tertiary/aromatic N) is 2. The van der Waals surface area contributed by atoms with Crippen molar-refractivity contribution < 1.29 is 19.1 Å². The number of thiol groups is 1. The summed E-state index contributed by atoms with van der Waals surface area (Å²) in [4.78, 5) is 27.9. The number of carbonyl (C=O) groups is 2. The molecule has 132 valence electrons. The van der Waals surface area contributed by atoms with Crippen molar-refractivity contribution in [1.82, 2.24) is 9.80 Å². The first-order valence-electron chi connectivity index (χ1n) is 7.79. The molecule has 6 nitrogen and oxygen atoms in total. The molecule has 1 aromatic rings. The number of rotatable bonds is 4. The summed E-state index contributed by atoms with van der Waals surface area (Å²) in [5.41, 5.74) is 0.269. The number of benzene rings is 1. The van der Waals surface area contributed by atoms with Gasteiger partial charge in [-0.15, -0.1) is 0 Å². The second-order valence-electron chi connectivity index (χ2n) is 6.62. The molecule has 0 aliphatic carbocycles. The van der Waals surface area contributed by atoms with Crippen molar-refractivity contribution in [1.29, 1.82) is 0 Å². The van der Waals surface area contributed by atoms with Gasteiger partial charge in [0.25, 0.3) is 0 Å². The van der Waals surface area contributed by atoms with E-state index in [2.05, 4.69) is 12.6 Å². The fraction of sp³-hybridized carbons (Fsp3) is 0.529. The van der Waals surface area contributed by atoms with Gasteiger partial charge in [-0.25, -0.2) is 14.5 Å². The predicted molar refractivity (Wildman–Crippen MR) is 93.9 cm³/mol. The molecule has 1 aliphatic heterocycles. The molecule has 7 heteroatoms.